The van der Waals surface area contributed by atoms with E-state index in [1.165, 1.54) is 38.2 Å². The first-order chi connectivity index (χ1) is 14.9. The van der Waals surface area contributed by atoms with E-state index in [1.807, 2.05) is 19.1 Å². The second-order valence-electron chi connectivity index (χ2n) is 7.84. The van der Waals surface area contributed by atoms with Gasteiger partial charge in [0.25, 0.3) is 5.56 Å². The lowest BCUT2D eigenvalue weighted by Crippen LogP contribution is -2.39. The van der Waals surface area contributed by atoms with Crippen LogP contribution in [0.5, 0.6) is 0 Å². The van der Waals surface area contributed by atoms with E-state index in [9.17, 15) is 18.8 Å². The van der Waals surface area contributed by atoms with Crippen LogP contribution in [-0.4, -0.2) is 24.5 Å². The molecule has 0 aliphatic heterocycles. The first kappa shape index (κ1) is 19.2. The Labute approximate surface area is 176 Å². The maximum Gasteiger partial charge on any atom is 0.337 e. The van der Waals surface area contributed by atoms with Gasteiger partial charge in [0.2, 0.25) is 0 Å². The highest BCUT2D eigenvalue weighted by atomic mass is 19.1. The van der Waals surface area contributed by atoms with E-state index in [4.69, 9.17) is 0 Å². The minimum atomic E-state index is -0.555. The van der Waals surface area contributed by atoms with Crippen LogP contribution in [0.2, 0.25) is 0 Å². The highest BCUT2D eigenvalue weighted by molar-refractivity contribution is 5.96. The van der Waals surface area contributed by atoms with Crippen LogP contribution < -0.4 is 11.2 Å². The zero-order valence-corrected chi connectivity index (χ0v) is 16.8. The maximum absolute atomic E-state index is 13.9. The Hall–Kier alpha value is -3.81. The number of hydrogen-bond acceptors (Lipinski definition) is 4. The fourth-order valence-electron chi connectivity index (χ4n) is 3.76. The molecular formula is C23H19FN4O3. The molecule has 5 rings (SSSR count). The SMILES string of the molecule is Cc1ccc(C(=O)Cn2cnc3c2c(=O)n(C2CC2)c(=O)n3-c2cccc(F)c2)cc1. The Morgan fingerprint density at radius 2 is 1.87 bits per heavy atom. The molecule has 1 fully saturated rings. The summed E-state index contributed by atoms with van der Waals surface area (Å²) in [6, 6.07) is 12.6. The molecule has 2 aromatic carbocycles. The van der Waals surface area contributed by atoms with E-state index in [0.29, 0.717) is 5.56 Å². The largest absolute Gasteiger partial charge is 0.337 e. The van der Waals surface area contributed by atoms with Crippen LogP contribution in [0.25, 0.3) is 16.9 Å². The summed E-state index contributed by atoms with van der Waals surface area (Å²) in [5.74, 6) is -0.684. The molecular weight excluding hydrogens is 399 g/mol. The van der Waals surface area contributed by atoms with Crippen molar-refractivity contribution in [2.75, 3.05) is 0 Å². The first-order valence-electron chi connectivity index (χ1n) is 10.0. The lowest BCUT2D eigenvalue weighted by molar-refractivity contribution is 0.0973. The van der Waals surface area contributed by atoms with Gasteiger partial charge in [0, 0.05) is 11.6 Å². The molecule has 1 aliphatic rings. The first-order valence-corrected chi connectivity index (χ1v) is 10.0. The van der Waals surface area contributed by atoms with Crippen molar-refractivity contribution in [2.45, 2.75) is 32.4 Å². The summed E-state index contributed by atoms with van der Waals surface area (Å²) in [6.07, 6.45) is 2.82. The number of aryl methyl sites for hydroxylation is 1. The van der Waals surface area contributed by atoms with Gasteiger partial charge in [-0.05, 0) is 38.0 Å². The van der Waals surface area contributed by atoms with Gasteiger partial charge in [-0.15, -0.1) is 0 Å². The Bertz CT molecular complexity index is 1440. The number of carbonyl (C=O) groups is 1. The van der Waals surface area contributed by atoms with Gasteiger partial charge >= 0.3 is 5.69 Å². The van der Waals surface area contributed by atoms with Crippen molar-refractivity contribution in [1.82, 2.24) is 18.7 Å². The van der Waals surface area contributed by atoms with Gasteiger partial charge < -0.3 is 4.57 Å². The summed E-state index contributed by atoms with van der Waals surface area (Å²) in [4.78, 5) is 43.5. The predicted molar refractivity (Wildman–Crippen MR) is 113 cm³/mol. The summed E-state index contributed by atoms with van der Waals surface area (Å²) in [5, 5.41) is 0. The summed E-state index contributed by atoms with van der Waals surface area (Å²) in [6.45, 7) is 1.84. The molecule has 8 heteroatoms. The number of ketones is 1. The molecule has 0 saturated heterocycles. The number of aromatic nitrogens is 4. The Morgan fingerprint density at radius 3 is 2.55 bits per heavy atom. The van der Waals surface area contributed by atoms with Crippen molar-refractivity contribution < 1.29 is 9.18 Å². The van der Waals surface area contributed by atoms with Gasteiger partial charge in [-0.25, -0.2) is 18.7 Å². The van der Waals surface area contributed by atoms with Gasteiger partial charge in [0.15, 0.2) is 16.9 Å². The van der Waals surface area contributed by atoms with Crippen LogP contribution >= 0.6 is 0 Å². The van der Waals surface area contributed by atoms with Gasteiger partial charge in [-0.3, -0.25) is 14.2 Å². The van der Waals surface area contributed by atoms with E-state index in [-0.39, 0.29) is 35.2 Å². The summed E-state index contributed by atoms with van der Waals surface area (Å²) >= 11 is 0. The standard InChI is InChI=1S/C23H19FN4O3/c1-14-5-7-15(8-6-14)19(29)12-26-13-25-21-20(26)22(30)28(17-9-10-17)23(31)27(21)18-4-2-3-16(24)11-18/h2-8,11,13,17H,9-10,12H2,1H3. The summed E-state index contributed by atoms with van der Waals surface area (Å²) in [7, 11) is 0. The van der Waals surface area contributed by atoms with Gasteiger partial charge in [0.1, 0.15) is 5.82 Å². The van der Waals surface area contributed by atoms with Gasteiger partial charge in [0.05, 0.1) is 18.6 Å². The molecule has 0 radical (unpaired) electrons. The second kappa shape index (κ2) is 7.16. The van der Waals surface area contributed by atoms with E-state index >= 15 is 0 Å². The molecule has 31 heavy (non-hydrogen) atoms. The van der Waals surface area contributed by atoms with E-state index < -0.39 is 17.1 Å². The van der Waals surface area contributed by atoms with E-state index in [0.717, 1.165) is 18.4 Å². The number of halogens is 1. The monoisotopic (exact) mass is 418 g/mol. The minimum Gasteiger partial charge on any atom is -0.317 e. The molecule has 1 aliphatic carbocycles. The van der Waals surface area contributed by atoms with E-state index in [2.05, 4.69) is 4.98 Å². The second-order valence-corrected chi connectivity index (χ2v) is 7.84. The smallest absolute Gasteiger partial charge is 0.317 e. The number of hydrogen-bond donors (Lipinski definition) is 0. The molecule has 0 atom stereocenters. The molecule has 2 heterocycles. The number of fused-ring (bicyclic) bond motifs is 1. The lowest BCUT2D eigenvalue weighted by atomic mass is 10.1. The number of imidazole rings is 1. The van der Waals surface area contributed by atoms with Crippen LogP contribution in [0.4, 0.5) is 4.39 Å². The van der Waals surface area contributed by atoms with E-state index in [1.54, 1.807) is 18.2 Å². The Kier molecular flexibility index (Phi) is 4.43. The van der Waals surface area contributed by atoms with Crippen molar-refractivity contribution >= 4 is 16.9 Å². The van der Waals surface area contributed by atoms with Crippen LogP contribution in [0, 0.1) is 12.7 Å². The molecule has 0 amide bonds. The van der Waals surface area contributed by atoms with Crippen molar-refractivity contribution in [1.29, 1.82) is 0 Å². The predicted octanol–water partition coefficient (Wildman–Crippen LogP) is 3.01. The third kappa shape index (κ3) is 3.30. The molecule has 0 N–H and O–H groups in total. The number of nitrogens with zero attached hydrogens (tertiary/aromatic N) is 4. The highest BCUT2D eigenvalue weighted by Gasteiger charge is 2.30. The fourth-order valence-corrected chi connectivity index (χ4v) is 3.76. The van der Waals surface area contributed by atoms with Gasteiger partial charge in [-0.2, -0.15) is 0 Å². The number of carbonyl (C=O) groups excluding carboxylic acids is 1. The third-order valence-electron chi connectivity index (χ3n) is 5.51. The number of Topliss-reactive ketones (excluding diaryl/α,β-unsaturated/α-hetero) is 1. The van der Waals surface area contributed by atoms with Crippen LogP contribution in [0.1, 0.15) is 34.8 Å². The fraction of sp³-hybridized carbons (Fsp3) is 0.217. The Balaban J connectivity index is 1.70. The Morgan fingerprint density at radius 1 is 1.13 bits per heavy atom. The zero-order chi connectivity index (χ0) is 21.7. The lowest BCUT2D eigenvalue weighted by Gasteiger charge is -2.12. The molecule has 156 valence electrons. The third-order valence-corrected chi connectivity index (χ3v) is 5.51. The van der Waals surface area contributed by atoms with Crippen molar-refractivity contribution in [3.05, 3.63) is 92.6 Å². The highest BCUT2D eigenvalue weighted by Crippen LogP contribution is 2.32. The molecule has 0 unspecified atom stereocenters. The zero-order valence-electron chi connectivity index (χ0n) is 16.8. The van der Waals surface area contributed by atoms with Gasteiger partial charge in [-0.1, -0.05) is 35.9 Å². The number of benzene rings is 2. The normalized spacial score (nSPS) is 13.6. The quantitative estimate of drug-likeness (QED) is 0.467. The molecule has 0 spiro atoms. The van der Waals surface area contributed by atoms with Crippen molar-refractivity contribution in [3.8, 4) is 5.69 Å². The van der Waals surface area contributed by atoms with Crippen LogP contribution in [0.3, 0.4) is 0 Å². The summed E-state index contributed by atoms with van der Waals surface area (Å²) in [5.41, 5.74) is 1.06. The summed E-state index contributed by atoms with van der Waals surface area (Å²) < 4.78 is 17.8. The molecule has 0 bridgehead atoms. The average Bonchev–Trinajstić information content (AvgIpc) is 3.49. The average molecular weight is 418 g/mol. The van der Waals surface area contributed by atoms with Crippen molar-refractivity contribution in [2.24, 2.45) is 0 Å². The molecule has 4 aromatic rings. The minimum absolute atomic E-state index is 0.0964. The van der Waals surface area contributed by atoms with Crippen LogP contribution in [0.15, 0.2) is 64.4 Å². The molecule has 7 nitrogen and oxygen atoms in total. The topological polar surface area (TPSA) is 78.9 Å². The molecule has 1 saturated carbocycles. The number of rotatable bonds is 5. The maximum atomic E-state index is 13.9. The molecule has 2 aromatic heterocycles. The van der Waals surface area contributed by atoms with Crippen molar-refractivity contribution in [3.63, 3.8) is 0 Å². The van der Waals surface area contributed by atoms with Crippen LogP contribution in [-0.2, 0) is 6.54 Å².